The maximum absolute atomic E-state index is 5.41. The molecular formula is C13H17N3S. The lowest BCUT2D eigenvalue weighted by atomic mass is 10.0. The minimum atomic E-state index is 0.215. The van der Waals surface area contributed by atoms with E-state index in [2.05, 4.69) is 42.6 Å². The number of benzene rings is 1. The summed E-state index contributed by atoms with van der Waals surface area (Å²) in [4.78, 5) is 0. The van der Waals surface area contributed by atoms with E-state index in [0.717, 1.165) is 5.71 Å². The van der Waals surface area contributed by atoms with Crippen LogP contribution in [0.1, 0.15) is 29.5 Å². The molecule has 0 unspecified atom stereocenters. The molecule has 1 aromatic rings. The van der Waals surface area contributed by atoms with Crippen molar-refractivity contribution in [1.29, 1.82) is 0 Å². The molecule has 3 N–H and O–H groups in total. The molecule has 0 bridgehead atoms. The Balaban J connectivity index is 2.29. The summed E-state index contributed by atoms with van der Waals surface area (Å²) in [6, 6.07) is 6.41. The Bertz CT molecular complexity index is 476. The van der Waals surface area contributed by atoms with Gasteiger partial charge in [-0.05, 0) is 61.7 Å². The number of nitrogens with zero attached hydrogens (tertiary/aromatic N) is 1. The molecule has 1 aromatic carbocycles. The van der Waals surface area contributed by atoms with Gasteiger partial charge in [-0.3, -0.25) is 5.43 Å². The predicted octanol–water partition coefficient (Wildman–Crippen LogP) is 2.25. The van der Waals surface area contributed by atoms with Gasteiger partial charge in [0.15, 0.2) is 5.11 Å². The highest BCUT2D eigenvalue weighted by Gasteiger charge is 2.28. The molecule has 0 atom stereocenters. The molecule has 1 aliphatic rings. The van der Waals surface area contributed by atoms with E-state index in [1.54, 1.807) is 0 Å². The number of rotatable bonds is 3. The van der Waals surface area contributed by atoms with Crippen LogP contribution < -0.4 is 11.2 Å². The Labute approximate surface area is 107 Å². The van der Waals surface area contributed by atoms with Gasteiger partial charge in [-0.25, -0.2) is 0 Å². The third-order valence-electron chi connectivity index (χ3n) is 3.05. The number of hydrogen-bond acceptors (Lipinski definition) is 2. The molecule has 0 aromatic heterocycles. The molecule has 0 radical (unpaired) electrons. The second-order valence-corrected chi connectivity index (χ2v) is 4.99. The zero-order valence-corrected chi connectivity index (χ0v) is 11.0. The molecule has 1 saturated carbocycles. The molecule has 0 spiro atoms. The second-order valence-electron chi connectivity index (χ2n) is 4.55. The van der Waals surface area contributed by atoms with Crippen LogP contribution in [0.15, 0.2) is 23.3 Å². The molecule has 0 heterocycles. The van der Waals surface area contributed by atoms with Gasteiger partial charge >= 0.3 is 0 Å². The average Bonchev–Trinajstić information content (AvgIpc) is 3.07. The minimum absolute atomic E-state index is 0.215. The largest absolute Gasteiger partial charge is 0.375 e. The average molecular weight is 247 g/mol. The van der Waals surface area contributed by atoms with E-state index in [-0.39, 0.29) is 5.11 Å². The number of nitrogens with one attached hydrogen (secondary N) is 1. The highest BCUT2D eigenvalue weighted by atomic mass is 32.1. The molecular weight excluding hydrogens is 230 g/mol. The lowest BCUT2D eigenvalue weighted by molar-refractivity contribution is 0.998. The van der Waals surface area contributed by atoms with Crippen molar-refractivity contribution < 1.29 is 0 Å². The van der Waals surface area contributed by atoms with E-state index < -0.39 is 0 Å². The van der Waals surface area contributed by atoms with E-state index in [1.807, 2.05) is 0 Å². The Hall–Kier alpha value is -1.42. The number of hydrogen-bond donors (Lipinski definition) is 2. The van der Waals surface area contributed by atoms with Gasteiger partial charge in [-0.15, -0.1) is 0 Å². The topological polar surface area (TPSA) is 50.4 Å². The number of hydrazone groups is 1. The molecule has 1 aliphatic carbocycles. The number of aryl methyl sites for hydroxylation is 2. The van der Waals surface area contributed by atoms with E-state index in [1.165, 1.54) is 29.5 Å². The van der Waals surface area contributed by atoms with Crippen molar-refractivity contribution in [2.45, 2.75) is 26.7 Å². The third kappa shape index (κ3) is 3.03. The zero-order valence-electron chi connectivity index (χ0n) is 10.2. The van der Waals surface area contributed by atoms with Crippen LogP contribution in [0.2, 0.25) is 0 Å². The summed E-state index contributed by atoms with van der Waals surface area (Å²) in [5.74, 6) is 0.555. The molecule has 3 nitrogen and oxygen atoms in total. The Kier molecular flexibility index (Phi) is 3.43. The summed E-state index contributed by atoms with van der Waals surface area (Å²) in [6.07, 6.45) is 2.40. The summed E-state index contributed by atoms with van der Waals surface area (Å²) < 4.78 is 0. The maximum atomic E-state index is 5.41. The fourth-order valence-electron chi connectivity index (χ4n) is 1.76. The molecule has 2 rings (SSSR count). The van der Waals surface area contributed by atoms with Crippen LogP contribution in [0.4, 0.5) is 0 Å². The summed E-state index contributed by atoms with van der Waals surface area (Å²) in [7, 11) is 0. The Morgan fingerprint density at radius 2 is 2.06 bits per heavy atom. The van der Waals surface area contributed by atoms with E-state index in [9.17, 15) is 0 Å². The summed E-state index contributed by atoms with van der Waals surface area (Å²) in [6.45, 7) is 4.23. The van der Waals surface area contributed by atoms with Gasteiger partial charge in [0.25, 0.3) is 0 Å². The van der Waals surface area contributed by atoms with Crippen molar-refractivity contribution in [2.24, 2.45) is 16.8 Å². The molecule has 1 fully saturated rings. The first-order valence-corrected chi connectivity index (χ1v) is 6.19. The highest BCUT2D eigenvalue weighted by molar-refractivity contribution is 7.80. The van der Waals surface area contributed by atoms with Crippen LogP contribution in [0.5, 0.6) is 0 Å². The third-order valence-corrected chi connectivity index (χ3v) is 3.14. The normalized spacial score (nSPS) is 15.8. The fraction of sp³-hybridized carbons (Fsp3) is 0.385. The van der Waals surface area contributed by atoms with E-state index >= 15 is 0 Å². The SMILES string of the molecule is Cc1ccc(/C(=N\NC(N)=S)C2CC2)cc1C. The molecule has 17 heavy (non-hydrogen) atoms. The van der Waals surface area contributed by atoms with Crippen molar-refractivity contribution in [2.75, 3.05) is 0 Å². The first kappa shape index (κ1) is 12.0. The summed E-state index contributed by atoms with van der Waals surface area (Å²) in [5.41, 5.74) is 12.9. The first-order valence-electron chi connectivity index (χ1n) is 5.78. The smallest absolute Gasteiger partial charge is 0.184 e. The van der Waals surface area contributed by atoms with Gasteiger partial charge in [0.1, 0.15) is 0 Å². The van der Waals surface area contributed by atoms with Gasteiger partial charge in [-0.2, -0.15) is 5.10 Å². The maximum Gasteiger partial charge on any atom is 0.184 e. The van der Waals surface area contributed by atoms with Crippen LogP contribution in [-0.2, 0) is 0 Å². The second kappa shape index (κ2) is 4.84. The van der Waals surface area contributed by atoms with Crippen molar-refractivity contribution >= 4 is 23.0 Å². The number of thiocarbonyl (C=S) groups is 1. The first-order chi connectivity index (χ1) is 8.08. The summed E-state index contributed by atoms with van der Waals surface area (Å²) in [5, 5.41) is 4.54. The van der Waals surface area contributed by atoms with Crippen LogP contribution >= 0.6 is 12.2 Å². The molecule has 0 saturated heterocycles. The molecule has 0 aliphatic heterocycles. The highest BCUT2D eigenvalue weighted by Crippen LogP contribution is 2.33. The quantitative estimate of drug-likeness (QED) is 0.489. The molecule has 0 amide bonds. The van der Waals surface area contributed by atoms with Gasteiger partial charge in [0.2, 0.25) is 0 Å². The predicted molar refractivity (Wildman–Crippen MR) is 75.1 cm³/mol. The zero-order chi connectivity index (χ0) is 12.4. The van der Waals surface area contributed by atoms with Crippen molar-refractivity contribution in [3.05, 3.63) is 34.9 Å². The Morgan fingerprint density at radius 1 is 1.35 bits per heavy atom. The van der Waals surface area contributed by atoms with Crippen molar-refractivity contribution in [1.82, 2.24) is 5.43 Å². The molecule has 90 valence electrons. The van der Waals surface area contributed by atoms with Crippen LogP contribution in [0.25, 0.3) is 0 Å². The van der Waals surface area contributed by atoms with Crippen molar-refractivity contribution in [3.63, 3.8) is 0 Å². The van der Waals surface area contributed by atoms with Gasteiger partial charge in [-0.1, -0.05) is 12.1 Å². The lowest BCUT2D eigenvalue weighted by Crippen LogP contribution is -2.26. The van der Waals surface area contributed by atoms with Gasteiger partial charge in [0, 0.05) is 5.92 Å². The Morgan fingerprint density at radius 3 is 2.59 bits per heavy atom. The summed E-state index contributed by atoms with van der Waals surface area (Å²) >= 11 is 4.78. The standard InChI is InChI=1S/C13H17N3S/c1-8-3-4-11(7-9(8)2)12(10-5-6-10)15-16-13(14)17/h3-4,7,10H,5-6H2,1-2H3,(H3,14,16,17)/b15-12-. The molecule has 4 heteroatoms. The van der Waals surface area contributed by atoms with Crippen molar-refractivity contribution in [3.8, 4) is 0 Å². The van der Waals surface area contributed by atoms with Gasteiger partial charge in [0.05, 0.1) is 5.71 Å². The van der Waals surface area contributed by atoms with E-state index in [4.69, 9.17) is 18.0 Å². The minimum Gasteiger partial charge on any atom is -0.375 e. The monoisotopic (exact) mass is 247 g/mol. The lowest BCUT2D eigenvalue weighted by Gasteiger charge is -2.08. The van der Waals surface area contributed by atoms with Gasteiger partial charge < -0.3 is 5.73 Å². The van der Waals surface area contributed by atoms with Crippen LogP contribution in [-0.4, -0.2) is 10.8 Å². The van der Waals surface area contributed by atoms with E-state index in [0.29, 0.717) is 5.92 Å². The van der Waals surface area contributed by atoms with Crippen LogP contribution in [0, 0.1) is 19.8 Å². The van der Waals surface area contributed by atoms with Crippen LogP contribution in [0.3, 0.4) is 0 Å². The fourth-order valence-corrected chi connectivity index (χ4v) is 1.81. The number of nitrogens with two attached hydrogens (primary N) is 1.